The molecule has 7 heteroatoms. The van der Waals surface area contributed by atoms with Crippen LogP contribution in [0.5, 0.6) is 5.75 Å². The molecule has 0 aliphatic carbocycles. The molecular formula is C13H14ClN3O3. The Morgan fingerprint density at radius 2 is 2.10 bits per heavy atom. The van der Waals surface area contributed by atoms with E-state index in [4.69, 9.17) is 21.4 Å². The third-order valence-electron chi connectivity index (χ3n) is 2.45. The Bertz CT molecular complexity index is 568. The largest absolute Gasteiger partial charge is 0.471 e. The molecule has 0 radical (unpaired) electrons. The Morgan fingerprint density at radius 1 is 1.35 bits per heavy atom. The summed E-state index contributed by atoms with van der Waals surface area (Å²) in [4.78, 5) is 11.6. The average molecular weight is 296 g/mol. The van der Waals surface area contributed by atoms with Crippen LogP contribution in [-0.2, 0) is 6.73 Å². The van der Waals surface area contributed by atoms with Gasteiger partial charge in [-0.2, -0.15) is 5.10 Å². The van der Waals surface area contributed by atoms with E-state index in [9.17, 15) is 4.79 Å². The number of hydrogen-bond donors (Lipinski definition) is 2. The predicted octanol–water partition coefficient (Wildman–Crippen LogP) is 1.30. The summed E-state index contributed by atoms with van der Waals surface area (Å²) in [6, 6.07) is 8.54. The molecule has 0 atom stereocenters. The van der Waals surface area contributed by atoms with Crippen molar-refractivity contribution in [3.63, 3.8) is 0 Å². The molecule has 0 saturated carbocycles. The number of carbonyl (C=O) groups excluding carboxylic acids is 1. The number of rotatable bonds is 6. The maximum absolute atomic E-state index is 11.6. The number of aromatic nitrogens is 2. The highest BCUT2D eigenvalue weighted by molar-refractivity contribution is 6.30. The topological polar surface area (TPSA) is 76.4 Å². The summed E-state index contributed by atoms with van der Waals surface area (Å²) in [6.45, 7) is 0.286. The first kappa shape index (κ1) is 14.4. The fraction of sp³-hybridized carbons (Fsp3) is 0.231. The van der Waals surface area contributed by atoms with Gasteiger partial charge < -0.3 is 15.2 Å². The zero-order valence-electron chi connectivity index (χ0n) is 10.6. The molecule has 0 fully saturated rings. The Balaban J connectivity index is 1.89. The molecule has 0 bridgehead atoms. The van der Waals surface area contributed by atoms with Crippen LogP contribution in [0.1, 0.15) is 10.5 Å². The van der Waals surface area contributed by atoms with Crippen LogP contribution < -0.4 is 10.1 Å². The van der Waals surface area contributed by atoms with Gasteiger partial charge in [0, 0.05) is 17.8 Å². The molecule has 1 aromatic carbocycles. The maximum atomic E-state index is 11.6. The van der Waals surface area contributed by atoms with Crippen LogP contribution in [0.15, 0.2) is 36.5 Å². The van der Waals surface area contributed by atoms with Gasteiger partial charge in [-0.3, -0.25) is 4.79 Å². The molecule has 6 nitrogen and oxygen atoms in total. The first-order valence-corrected chi connectivity index (χ1v) is 6.38. The van der Waals surface area contributed by atoms with Gasteiger partial charge in [-0.1, -0.05) is 11.6 Å². The van der Waals surface area contributed by atoms with Crippen molar-refractivity contribution >= 4 is 17.5 Å². The van der Waals surface area contributed by atoms with Crippen molar-refractivity contribution in [2.24, 2.45) is 0 Å². The van der Waals surface area contributed by atoms with Gasteiger partial charge in [-0.15, -0.1) is 0 Å². The Morgan fingerprint density at radius 3 is 2.80 bits per heavy atom. The van der Waals surface area contributed by atoms with Gasteiger partial charge in [-0.05, 0) is 30.3 Å². The molecule has 0 aliphatic heterocycles. The summed E-state index contributed by atoms with van der Waals surface area (Å²) in [5, 5.41) is 15.9. The SMILES string of the molecule is O=C(NCCO)c1ccn(COc2ccc(Cl)cc2)n1. The highest BCUT2D eigenvalue weighted by atomic mass is 35.5. The number of nitrogens with zero attached hydrogens (tertiary/aromatic N) is 2. The van der Waals surface area contributed by atoms with Crippen LogP contribution in [0, 0.1) is 0 Å². The van der Waals surface area contributed by atoms with Crippen LogP contribution >= 0.6 is 11.6 Å². The smallest absolute Gasteiger partial charge is 0.271 e. The zero-order chi connectivity index (χ0) is 14.4. The molecule has 2 N–H and O–H groups in total. The van der Waals surface area contributed by atoms with Crippen molar-refractivity contribution in [1.82, 2.24) is 15.1 Å². The predicted molar refractivity (Wildman–Crippen MR) is 73.7 cm³/mol. The van der Waals surface area contributed by atoms with Crippen LogP contribution in [0.4, 0.5) is 0 Å². The van der Waals surface area contributed by atoms with E-state index in [0.717, 1.165) is 0 Å². The lowest BCUT2D eigenvalue weighted by atomic mass is 10.3. The van der Waals surface area contributed by atoms with Gasteiger partial charge in [0.05, 0.1) is 6.61 Å². The van der Waals surface area contributed by atoms with E-state index in [1.807, 2.05) is 0 Å². The van der Waals surface area contributed by atoms with Crippen molar-refractivity contribution in [2.75, 3.05) is 13.2 Å². The summed E-state index contributed by atoms with van der Waals surface area (Å²) in [7, 11) is 0. The minimum atomic E-state index is -0.329. The maximum Gasteiger partial charge on any atom is 0.271 e. The second-order valence-electron chi connectivity index (χ2n) is 3.95. The molecule has 0 spiro atoms. The highest BCUT2D eigenvalue weighted by Gasteiger charge is 2.08. The van der Waals surface area contributed by atoms with E-state index >= 15 is 0 Å². The van der Waals surface area contributed by atoms with E-state index in [0.29, 0.717) is 10.8 Å². The van der Waals surface area contributed by atoms with Gasteiger partial charge >= 0.3 is 0 Å². The molecule has 20 heavy (non-hydrogen) atoms. The number of ether oxygens (including phenoxy) is 1. The number of benzene rings is 1. The van der Waals surface area contributed by atoms with Crippen molar-refractivity contribution < 1.29 is 14.6 Å². The number of aliphatic hydroxyl groups is 1. The third kappa shape index (κ3) is 3.97. The van der Waals surface area contributed by atoms with Crippen molar-refractivity contribution in [2.45, 2.75) is 6.73 Å². The summed E-state index contributed by atoms with van der Waals surface area (Å²) in [5.74, 6) is 0.334. The molecule has 0 saturated heterocycles. The number of amides is 1. The molecule has 1 heterocycles. The fourth-order valence-corrected chi connectivity index (χ4v) is 1.61. The second kappa shape index (κ2) is 6.93. The molecule has 106 valence electrons. The first-order valence-electron chi connectivity index (χ1n) is 6.00. The van der Waals surface area contributed by atoms with Crippen LogP contribution in [-0.4, -0.2) is 33.9 Å². The number of aliphatic hydroxyl groups excluding tert-OH is 1. The summed E-state index contributed by atoms with van der Waals surface area (Å²) in [6.07, 6.45) is 1.64. The van der Waals surface area contributed by atoms with E-state index in [1.165, 1.54) is 4.68 Å². The first-order chi connectivity index (χ1) is 9.69. The molecule has 1 aromatic heterocycles. The number of nitrogens with one attached hydrogen (secondary N) is 1. The second-order valence-corrected chi connectivity index (χ2v) is 4.38. The van der Waals surface area contributed by atoms with Gasteiger partial charge in [0.1, 0.15) is 11.4 Å². The quantitative estimate of drug-likeness (QED) is 0.842. The lowest BCUT2D eigenvalue weighted by Crippen LogP contribution is -2.26. The van der Waals surface area contributed by atoms with Gasteiger partial charge in [0.15, 0.2) is 6.73 Å². The van der Waals surface area contributed by atoms with Gasteiger partial charge in [0.25, 0.3) is 5.91 Å². The summed E-state index contributed by atoms with van der Waals surface area (Å²) < 4.78 is 6.99. The van der Waals surface area contributed by atoms with E-state index in [-0.39, 0.29) is 31.5 Å². The standard InChI is InChI=1S/C13H14ClN3O3/c14-10-1-3-11(4-2-10)20-9-17-7-5-12(16-17)13(19)15-6-8-18/h1-5,7,18H,6,8-9H2,(H,15,19). The molecule has 2 rings (SSSR count). The minimum absolute atomic E-state index is 0.105. The van der Waals surface area contributed by atoms with Gasteiger partial charge in [0.2, 0.25) is 0 Å². The van der Waals surface area contributed by atoms with Crippen molar-refractivity contribution in [1.29, 1.82) is 0 Å². The zero-order valence-corrected chi connectivity index (χ0v) is 11.4. The highest BCUT2D eigenvalue weighted by Crippen LogP contribution is 2.15. The van der Waals surface area contributed by atoms with Crippen molar-refractivity contribution in [3.8, 4) is 5.75 Å². The Labute approximate surface area is 120 Å². The van der Waals surface area contributed by atoms with E-state index in [2.05, 4.69) is 10.4 Å². The molecule has 0 aliphatic rings. The fourth-order valence-electron chi connectivity index (χ4n) is 1.49. The van der Waals surface area contributed by atoms with E-state index < -0.39 is 0 Å². The van der Waals surface area contributed by atoms with Crippen LogP contribution in [0.2, 0.25) is 5.02 Å². The molecule has 1 amide bonds. The van der Waals surface area contributed by atoms with Crippen molar-refractivity contribution in [3.05, 3.63) is 47.2 Å². The van der Waals surface area contributed by atoms with Crippen LogP contribution in [0.3, 0.4) is 0 Å². The lowest BCUT2D eigenvalue weighted by Gasteiger charge is -2.06. The molecule has 0 unspecified atom stereocenters. The Hall–Kier alpha value is -2.05. The van der Waals surface area contributed by atoms with Crippen LogP contribution in [0.25, 0.3) is 0 Å². The average Bonchev–Trinajstić information content (AvgIpc) is 2.93. The Kier molecular flexibility index (Phi) is 4.97. The third-order valence-corrected chi connectivity index (χ3v) is 2.70. The minimum Gasteiger partial charge on any atom is -0.471 e. The summed E-state index contributed by atoms with van der Waals surface area (Å²) in [5.41, 5.74) is 0.276. The van der Waals surface area contributed by atoms with E-state index in [1.54, 1.807) is 36.5 Å². The number of halogens is 1. The molecule has 2 aromatic rings. The molecular weight excluding hydrogens is 282 g/mol. The monoisotopic (exact) mass is 295 g/mol. The lowest BCUT2D eigenvalue weighted by molar-refractivity contribution is 0.0937. The summed E-state index contributed by atoms with van der Waals surface area (Å²) >= 11 is 5.77. The van der Waals surface area contributed by atoms with Gasteiger partial charge in [-0.25, -0.2) is 4.68 Å². The number of carbonyl (C=O) groups is 1. The number of hydrogen-bond acceptors (Lipinski definition) is 4. The normalized spacial score (nSPS) is 10.3.